The van der Waals surface area contributed by atoms with Gasteiger partial charge in [0.1, 0.15) is 0 Å². The van der Waals surface area contributed by atoms with E-state index in [1.165, 1.54) is 58.4 Å². The number of anilines is 1. The van der Waals surface area contributed by atoms with E-state index in [4.69, 9.17) is 16.6 Å². The van der Waals surface area contributed by atoms with E-state index in [1.807, 2.05) is 18.3 Å². The van der Waals surface area contributed by atoms with E-state index in [-0.39, 0.29) is 0 Å². The first-order valence-electron chi connectivity index (χ1n) is 11.4. The van der Waals surface area contributed by atoms with Crippen molar-refractivity contribution in [3.8, 4) is 11.3 Å². The van der Waals surface area contributed by atoms with Crippen molar-refractivity contribution in [1.82, 2.24) is 24.8 Å². The van der Waals surface area contributed by atoms with Crippen LogP contribution in [0.4, 0.5) is 5.95 Å². The third-order valence-electron chi connectivity index (χ3n) is 6.82. The van der Waals surface area contributed by atoms with E-state index >= 15 is 0 Å². The smallest absolute Gasteiger partial charge is 0.223 e. The summed E-state index contributed by atoms with van der Waals surface area (Å²) >= 11 is 6.50. The number of piperazine rings is 1. The Morgan fingerprint density at radius 3 is 2.87 bits per heavy atom. The third kappa shape index (κ3) is 4.71. The molecule has 2 aliphatic rings. The average Bonchev–Trinajstić information content (AvgIpc) is 3.21. The van der Waals surface area contributed by atoms with Crippen molar-refractivity contribution in [2.45, 2.75) is 31.7 Å². The highest BCUT2D eigenvalue weighted by molar-refractivity contribution is 6.33. The number of likely N-dealkylation sites (N-methyl/N-ethyl adjacent to an activating group) is 1. The predicted molar refractivity (Wildman–Crippen MR) is 128 cm³/mol. The molecule has 2 atom stereocenters. The molecule has 2 aromatic heterocycles. The maximum absolute atomic E-state index is 6.50. The summed E-state index contributed by atoms with van der Waals surface area (Å²) in [5.74, 6) is 1.42. The minimum absolute atomic E-state index is 0.420. The summed E-state index contributed by atoms with van der Waals surface area (Å²) in [5, 5.41) is 5.31. The fraction of sp³-hybridized carbons (Fsp3) is 0.500. The highest BCUT2D eigenvalue weighted by Gasteiger charge is 2.26. The van der Waals surface area contributed by atoms with Crippen LogP contribution in [-0.4, -0.2) is 70.6 Å². The van der Waals surface area contributed by atoms with Crippen molar-refractivity contribution in [3.63, 3.8) is 0 Å². The quantitative estimate of drug-likeness (QED) is 0.614. The van der Waals surface area contributed by atoms with Gasteiger partial charge in [-0.25, -0.2) is 9.97 Å². The zero-order valence-electron chi connectivity index (χ0n) is 18.1. The number of nitrogens with zero attached hydrogens (tertiary/aromatic N) is 4. The number of halogens is 1. The molecule has 1 aliphatic carbocycles. The highest BCUT2D eigenvalue weighted by Crippen LogP contribution is 2.33. The van der Waals surface area contributed by atoms with Gasteiger partial charge in [0.2, 0.25) is 5.95 Å². The second kappa shape index (κ2) is 9.15. The Balaban J connectivity index is 1.27. The number of rotatable bonds is 5. The van der Waals surface area contributed by atoms with Crippen molar-refractivity contribution in [2.24, 2.45) is 5.92 Å². The summed E-state index contributed by atoms with van der Waals surface area (Å²) in [6, 6.07) is 8.64. The van der Waals surface area contributed by atoms with Gasteiger partial charge in [0.05, 0.1) is 16.9 Å². The van der Waals surface area contributed by atoms with Crippen LogP contribution < -0.4 is 5.32 Å². The molecular weight excluding hydrogens is 408 g/mol. The van der Waals surface area contributed by atoms with E-state index in [0.717, 1.165) is 28.1 Å². The van der Waals surface area contributed by atoms with Gasteiger partial charge in [0.15, 0.2) is 0 Å². The predicted octanol–water partition coefficient (Wildman–Crippen LogP) is 4.50. The SMILES string of the molecule is CN1CCN(C[C@H]2CCC[C@@H](Nc3ncc(Cl)c(-c4c[nH]c5ccccc45)n3)C2)CC1. The van der Waals surface area contributed by atoms with Crippen LogP contribution in [0.1, 0.15) is 25.7 Å². The summed E-state index contributed by atoms with van der Waals surface area (Å²) < 4.78 is 0. The molecule has 3 heterocycles. The molecule has 0 unspecified atom stereocenters. The normalized spacial score (nSPS) is 23.3. The highest BCUT2D eigenvalue weighted by atomic mass is 35.5. The lowest BCUT2D eigenvalue weighted by Gasteiger charge is -2.37. The molecule has 164 valence electrons. The number of hydrogen-bond acceptors (Lipinski definition) is 5. The molecule has 0 amide bonds. The van der Waals surface area contributed by atoms with Gasteiger partial charge in [0.25, 0.3) is 0 Å². The Morgan fingerprint density at radius 2 is 2.00 bits per heavy atom. The fourth-order valence-electron chi connectivity index (χ4n) is 5.06. The lowest BCUT2D eigenvalue weighted by molar-refractivity contribution is 0.124. The molecule has 6 nitrogen and oxygen atoms in total. The number of nitrogens with one attached hydrogen (secondary N) is 2. The van der Waals surface area contributed by atoms with Crippen LogP contribution in [0.15, 0.2) is 36.7 Å². The lowest BCUT2D eigenvalue weighted by atomic mass is 9.85. The summed E-state index contributed by atoms with van der Waals surface area (Å²) in [6.45, 7) is 5.97. The van der Waals surface area contributed by atoms with E-state index in [2.05, 4.69) is 44.3 Å². The number of para-hydroxylation sites is 1. The number of aromatic amines is 1. The molecule has 1 saturated carbocycles. The molecule has 0 radical (unpaired) electrons. The van der Waals surface area contributed by atoms with Gasteiger partial charge in [-0.15, -0.1) is 0 Å². The molecule has 2 N–H and O–H groups in total. The van der Waals surface area contributed by atoms with Gasteiger partial charge in [-0.2, -0.15) is 0 Å². The van der Waals surface area contributed by atoms with Gasteiger partial charge in [-0.05, 0) is 38.3 Å². The Kier molecular flexibility index (Phi) is 6.12. The minimum atomic E-state index is 0.420. The Labute approximate surface area is 189 Å². The van der Waals surface area contributed by atoms with Crippen LogP contribution in [-0.2, 0) is 0 Å². The molecule has 1 saturated heterocycles. The number of H-pyrrole nitrogens is 1. The number of benzene rings is 1. The van der Waals surface area contributed by atoms with Gasteiger partial charge >= 0.3 is 0 Å². The zero-order valence-corrected chi connectivity index (χ0v) is 18.9. The monoisotopic (exact) mass is 438 g/mol. The van der Waals surface area contributed by atoms with E-state index < -0.39 is 0 Å². The summed E-state index contributed by atoms with van der Waals surface area (Å²) in [5.41, 5.74) is 2.88. The maximum atomic E-state index is 6.50. The summed E-state index contributed by atoms with van der Waals surface area (Å²) in [7, 11) is 2.22. The first kappa shape index (κ1) is 20.7. The van der Waals surface area contributed by atoms with E-state index in [0.29, 0.717) is 17.0 Å². The van der Waals surface area contributed by atoms with Crippen LogP contribution in [0.3, 0.4) is 0 Å². The maximum Gasteiger partial charge on any atom is 0.223 e. The molecule has 5 rings (SSSR count). The molecule has 31 heavy (non-hydrogen) atoms. The number of aromatic nitrogens is 3. The second-order valence-electron chi connectivity index (χ2n) is 9.12. The largest absolute Gasteiger partial charge is 0.360 e. The third-order valence-corrected chi connectivity index (χ3v) is 7.09. The topological polar surface area (TPSA) is 60.1 Å². The Morgan fingerprint density at radius 1 is 1.16 bits per heavy atom. The standard InChI is InChI=1S/C24H31ClN6/c1-30-9-11-31(12-10-30)16-17-5-4-6-18(13-17)28-24-27-15-21(25)23(29-24)20-14-26-22-8-3-2-7-19(20)22/h2-3,7-8,14-15,17-18,26H,4-6,9-13,16H2,1H3,(H,27,28,29)/t17-,18+/m0/s1. The molecule has 1 aliphatic heterocycles. The average molecular weight is 439 g/mol. The van der Waals surface area contributed by atoms with Crippen LogP contribution in [0, 0.1) is 5.92 Å². The minimum Gasteiger partial charge on any atom is -0.360 e. The molecule has 1 aromatic carbocycles. The van der Waals surface area contributed by atoms with Crippen molar-refractivity contribution < 1.29 is 0 Å². The van der Waals surface area contributed by atoms with Gasteiger partial charge < -0.3 is 20.1 Å². The Hall–Kier alpha value is -2.15. The molecular formula is C24H31ClN6. The first-order valence-corrected chi connectivity index (χ1v) is 11.8. The molecule has 0 spiro atoms. The number of hydrogen-bond donors (Lipinski definition) is 2. The molecule has 3 aromatic rings. The van der Waals surface area contributed by atoms with Gasteiger partial charge in [0, 0.05) is 61.4 Å². The van der Waals surface area contributed by atoms with Gasteiger partial charge in [-0.1, -0.05) is 36.2 Å². The summed E-state index contributed by atoms with van der Waals surface area (Å²) in [6.07, 6.45) is 8.65. The fourth-order valence-corrected chi connectivity index (χ4v) is 5.25. The lowest BCUT2D eigenvalue weighted by Crippen LogP contribution is -2.47. The van der Waals surface area contributed by atoms with Crippen LogP contribution in [0.2, 0.25) is 5.02 Å². The van der Waals surface area contributed by atoms with Crippen LogP contribution in [0.25, 0.3) is 22.2 Å². The zero-order chi connectivity index (χ0) is 21.2. The first-order chi connectivity index (χ1) is 15.2. The van der Waals surface area contributed by atoms with Gasteiger partial charge in [-0.3, -0.25) is 0 Å². The second-order valence-corrected chi connectivity index (χ2v) is 9.52. The molecule has 0 bridgehead atoms. The van der Waals surface area contributed by atoms with Crippen LogP contribution in [0.5, 0.6) is 0 Å². The van der Waals surface area contributed by atoms with Crippen molar-refractivity contribution in [3.05, 3.63) is 41.7 Å². The summed E-state index contributed by atoms with van der Waals surface area (Å²) in [4.78, 5) is 17.7. The van der Waals surface area contributed by atoms with Crippen molar-refractivity contribution >= 4 is 28.5 Å². The van der Waals surface area contributed by atoms with Crippen molar-refractivity contribution in [2.75, 3.05) is 45.1 Å². The number of fused-ring (bicyclic) bond motifs is 1. The van der Waals surface area contributed by atoms with E-state index in [9.17, 15) is 0 Å². The van der Waals surface area contributed by atoms with Crippen LogP contribution >= 0.6 is 11.6 Å². The van der Waals surface area contributed by atoms with E-state index in [1.54, 1.807) is 6.20 Å². The Bertz CT molecular complexity index is 1030. The molecule has 7 heteroatoms. The van der Waals surface area contributed by atoms with Crippen molar-refractivity contribution in [1.29, 1.82) is 0 Å². The molecule has 2 fully saturated rings.